The average molecular weight is 594 g/mol. The van der Waals surface area contributed by atoms with Crippen LogP contribution in [0.15, 0.2) is 77.7 Å². The van der Waals surface area contributed by atoms with E-state index in [0.29, 0.717) is 6.54 Å². The molecule has 3 aromatic carbocycles. The van der Waals surface area contributed by atoms with Gasteiger partial charge >= 0.3 is 0 Å². The highest BCUT2D eigenvalue weighted by molar-refractivity contribution is 7.90. The Hall–Kier alpha value is -3.56. The zero-order valence-electron chi connectivity index (χ0n) is 24.6. The number of hydrogen-bond donors (Lipinski definition) is 1. The van der Waals surface area contributed by atoms with Gasteiger partial charge in [0.2, 0.25) is 11.8 Å². The van der Waals surface area contributed by atoms with Crippen molar-refractivity contribution in [1.29, 1.82) is 0 Å². The Labute approximate surface area is 248 Å². The monoisotopic (exact) mass is 593 g/mol. The minimum atomic E-state index is -3.27. The van der Waals surface area contributed by atoms with Crippen LogP contribution in [0.4, 0.5) is 10.1 Å². The normalized spacial score (nSPS) is 15.2. The van der Waals surface area contributed by atoms with E-state index in [1.807, 2.05) is 42.2 Å². The molecular weight excluding hydrogens is 553 g/mol. The van der Waals surface area contributed by atoms with Crippen LogP contribution in [0.1, 0.15) is 55.7 Å². The van der Waals surface area contributed by atoms with Gasteiger partial charge in [-0.1, -0.05) is 36.4 Å². The average Bonchev–Trinajstić information content (AvgIpc) is 2.95. The molecule has 42 heavy (non-hydrogen) atoms. The smallest absolute Gasteiger partial charge is 0.227 e. The quantitative estimate of drug-likeness (QED) is 0.328. The van der Waals surface area contributed by atoms with Gasteiger partial charge in [0.1, 0.15) is 5.82 Å². The highest BCUT2D eigenvalue weighted by Gasteiger charge is 2.27. The van der Waals surface area contributed by atoms with Gasteiger partial charge in [0.05, 0.1) is 11.3 Å². The molecule has 7 nitrogen and oxygen atoms in total. The molecule has 1 N–H and O–H groups in total. The third-order valence-corrected chi connectivity index (χ3v) is 9.11. The molecule has 0 spiro atoms. The summed E-state index contributed by atoms with van der Waals surface area (Å²) in [4.78, 5) is 29.2. The first-order valence-electron chi connectivity index (χ1n) is 14.5. The van der Waals surface area contributed by atoms with Crippen molar-refractivity contribution in [2.24, 2.45) is 0 Å². The van der Waals surface area contributed by atoms with Crippen molar-refractivity contribution in [3.63, 3.8) is 0 Å². The number of piperidine rings is 1. The zero-order valence-corrected chi connectivity index (χ0v) is 25.4. The second-order valence-electron chi connectivity index (χ2n) is 11.0. The first-order valence-corrected chi connectivity index (χ1v) is 16.4. The SMILES string of the molecule is CCN(C(=O)Cc1ccc(S(C)(=O)=O)cc1)C1CCN(CCC(c2ccc(NC(C)=O)cc2)c2cccc(F)c2)CC1. The van der Waals surface area contributed by atoms with Gasteiger partial charge in [0.15, 0.2) is 9.84 Å². The summed E-state index contributed by atoms with van der Waals surface area (Å²) in [5, 5.41) is 2.79. The number of nitrogens with zero attached hydrogens (tertiary/aromatic N) is 2. The Bertz CT molecular complexity index is 1470. The number of likely N-dealkylation sites (tertiary alicyclic amines) is 1. The largest absolute Gasteiger partial charge is 0.340 e. The van der Waals surface area contributed by atoms with Gasteiger partial charge in [0, 0.05) is 50.5 Å². The van der Waals surface area contributed by atoms with Crippen LogP contribution in [0.2, 0.25) is 0 Å². The van der Waals surface area contributed by atoms with E-state index >= 15 is 0 Å². The van der Waals surface area contributed by atoms with Gasteiger partial charge < -0.3 is 15.1 Å². The number of amides is 2. The highest BCUT2D eigenvalue weighted by Crippen LogP contribution is 2.30. The Morgan fingerprint density at radius 1 is 1.00 bits per heavy atom. The first-order chi connectivity index (χ1) is 20.0. The van der Waals surface area contributed by atoms with E-state index in [4.69, 9.17) is 0 Å². The van der Waals surface area contributed by atoms with Crippen LogP contribution in [0.5, 0.6) is 0 Å². The Morgan fingerprint density at radius 2 is 1.67 bits per heavy atom. The van der Waals surface area contributed by atoms with Crippen LogP contribution in [0, 0.1) is 5.82 Å². The molecule has 1 fully saturated rings. The number of benzene rings is 3. The number of nitrogens with one attached hydrogen (secondary N) is 1. The van der Waals surface area contributed by atoms with E-state index in [1.54, 1.807) is 36.4 Å². The highest BCUT2D eigenvalue weighted by atomic mass is 32.2. The molecular formula is C33H40FN3O4S. The third-order valence-electron chi connectivity index (χ3n) is 7.98. The van der Waals surface area contributed by atoms with Crippen LogP contribution in [-0.2, 0) is 25.8 Å². The van der Waals surface area contributed by atoms with E-state index in [-0.39, 0.29) is 40.9 Å². The fourth-order valence-corrected chi connectivity index (χ4v) is 6.42. The molecule has 1 unspecified atom stereocenters. The maximum atomic E-state index is 14.2. The van der Waals surface area contributed by atoms with Crippen LogP contribution in [0.3, 0.4) is 0 Å². The van der Waals surface area contributed by atoms with Crippen molar-refractivity contribution >= 4 is 27.3 Å². The van der Waals surface area contributed by atoms with Crippen molar-refractivity contribution in [2.45, 2.75) is 56.4 Å². The molecule has 224 valence electrons. The van der Waals surface area contributed by atoms with E-state index in [1.165, 1.54) is 19.2 Å². The summed E-state index contributed by atoms with van der Waals surface area (Å²) in [6.07, 6.45) is 3.99. The van der Waals surface area contributed by atoms with Crippen molar-refractivity contribution in [1.82, 2.24) is 9.80 Å². The molecule has 1 aliphatic rings. The Kier molecular flexibility index (Phi) is 10.5. The molecule has 0 aliphatic carbocycles. The van der Waals surface area contributed by atoms with Crippen LogP contribution >= 0.6 is 0 Å². The Morgan fingerprint density at radius 3 is 2.24 bits per heavy atom. The number of rotatable bonds is 11. The summed E-state index contributed by atoms with van der Waals surface area (Å²) < 4.78 is 37.6. The van der Waals surface area contributed by atoms with Gasteiger partial charge in [0.25, 0.3) is 0 Å². The first kappa shape index (κ1) is 31.4. The summed E-state index contributed by atoms with van der Waals surface area (Å²) in [6, 6.07) is 21.2. The molecule has 1 heterocycles. The van der Waals surface area contributed by atoms with Gasteiger partial charge in [-0.2, -0.15) is 0 Å². The molecule has 2 amide bonds. The molecule has 9 heteroatoms. The summed E-state index contributed by atoms with van der Waals surface area (Å²) in [6.45, 7) is 6.68. The topological polar surface area (TPSA) is 86.8 Å². The molecule has 1 aliphatic heterocycles. The Balaban J connectivity index is 1.35. The van der Waals surface area contributed by atoms with Crippen molar-refractivity contribution in [2.75, 3.05) is 37.8 Å². The third kappa shape index (κ3) is 8.49. The lowest BCUT2D eigenvalue weighted by Gasteiger charge is -2.38. The predicted octanol–water partition coefficient (Wildman–Crippen LogP) is 5.27. The number of halogens is 1. The molecule has 4 rings (SSSR count). The number of carbonyl (C=O) groups is 2. The van der Waals surface area contributed by atoms with E-state index in [9.17, 15) is 22.4 Å². The minimum absolute atomic E-state index is 0.00704. The molecule has 0 aromatic heterocycles. The minimum Gasteiger partial charge on any atom is -0.340 e. The summed E-state index contributed by atoms with van der Waals surface area (Å²) in [7, 11) is -3.27. The number of carbonyl (C=O) groups excluding carboxylic acids is 2. The summed E-state index contributed by atoms with van der Waals surface area (Å²) in [5.41, 5.74) is 3.52. The van der Waals surface area contributed by atoms with Crippen molar-refractivity contribution in [3.8, 4) is 0 Å². The van der Waals surface area contributed by atoms with Gasteiger partial charge in [-0.3, -0.25) is 9.59 Å². The zero-order chi connectivity index (χ0) is 30.3. The maximum absolute atomic E-state index is 14.2. The van der Waals surface area contributed by atoms with Crippen LogP contribution in [-0.4, -0.2) is 68.5 Å². The van der Waals surface area contributed by atoms with E-state index in [2.05, 4.69) is 10.2 Å². The fraction of sp³-hybridized carbons (Fsp3) is 0.394. The number of sulfone groups is 1. The van der Waals surface area contributed by atoms with Crippen molar-refractivity contribution in [3.05, 3.63) is 95.3 Å². The summed E-state index contributed by atoms with van der Waals surface area (Å²) in [5.74, 6) is -0.326. The van der Waals surface area contributed by atoms with Gasteiger partial charge in [-0.15, -0.1) is 0 Å². The van der Waals surface area contributed by atoms with Gasteiger partial charge in [-0.05, 0) is 85.8 Å². The molecule has 1 saturated heterocycles. The van der Waals surface area contributed by atoms with Gasteiger partial charge in [-0.25, -0.2) is 12.8 Å². The van der Waals surface area contributed by atoms with E-state index in [0.717, 1.165) is 61.3 Å². The molecule has 3 aromatic rings. The lowest BCUT2D eigenvalue weighted by Crippen LogP contribution is -2.48. The molecule has 1 atom stereocenters. The van der Waals surface area contributed by atoms with Crippen LogP contribution in [0.25, 0.3) is 0 Å². The van der Waals surface area contributed by atoms with Crippen molar-refractivity contribution < 1.29 is 22.4 Å². The predicted molar refractivity (Wildman–Crippen MR) is 164 cm³/mol. The van der Waals surface area contributed by atoms with E-state index < -0.39 is 9.84 Å². The maximum Gasteiger partial charge on any atom is 0.227 e. The standard InChI is InChI=1S/C33H40FN3O4S/c1-4-37(33(39)22-25-8-14-31(15-9-25)42(3,40)41)30-16-19-36(20-17-30)21-18-32(27-6-5-7-28(34)23-27)26-10-12-29(13-11-26)35-24(2)38/h5-15,23,30,32H,4,16-22H2,1-3H3,(H,35,38). The number of likely N-dealkylation sites (N-methyl/N-ethyl adjacent to an activating group) is 1. The second kappa shape index (κ2) is 14.1. The lowest BCUT2D eigenvalue weighted by molar-refractivity contribution is -0.133. The fourth-order valence-electron chi connectivity index (χ4n) is 5.79. The molecule has 0 saturated carbocycles. The number of hydrogen-bond acceptors (Lipinski definition) is 5. The molecule has 0 bridgehead atoms. The second-order valence-corrected chi connectivity index (χ2v) is 13.1. The summed E-state index contributed by atoms with van der Waals surface area (Å²) >= 11 is 0. The number of anilines is 1. The lowest BCUT2D eigenvalue weighted by atomic mass is 9.88. The van der Waals surface area contributed by atoms with Crippen LogP contribution < -0.4 is 5.32 Å². The molecule has 0 radical (unpaired) electrons.